The highest BCUT2D eigenvalue weighted by Crippen LogP contribution is 2.30. The minimum atomic E-state index is -0.958. The largest absolute Gasteiger partial charge is 0.478 e. The van der Waals surface area contributed by atoms with Crippen molar-refractivity contribution >= 4 is 18.0 Å². The fraction of sp³-hybridized carbons (Fsp3) is 0.375. The van der Waals surface area contributed by atoms with Gasteiger partial charge in [-0.25, -0.2) is 9.59 Å². The average Bonchev–Trinajstić information content (AvgIpc) is 3.22. The third-order valence-electron chi connectivity index (χ3n) is 6.10. The lowest BCUT2D eigenvalue weighted by atomic mass is 9.85. The number of benzene rings is 2. The number of carboxylic acid groups (broad SMARTS) is 1. The minimum absolute atomic E-state index is 0.0150. The molecule has 0 radical (unpaired) electrons. The summed E-state index contributed by atoms with van der Waals surface area (Å²) < 4.78 is 5.28. The minimum Gasteiger partial charge on any atom is -0.478 e. The Morgan fingerprint density at radius 2 is 1.68 bits per heavy atom. The highest BCUT2D eigenvalue weighted by atomic mass is 16.5. The van der Waals surface area contributed by atoms with Gasteiger partial charge in [0.05, 0.1) is 5.56 Å². The van der Waals surface area contributed by atoms with Gasteiger partial charge in [0.2, 0.25) is 5.91 Å². The molecule has 4 rings (SSSR count). The molecule has 0 atom stereocenters. The van der Waals surface area contributed by atoms with Crippen LogP contribution >= 0.6 is 0 Å². The quantitative estimate of drug-likeness (QED) is 0.766. The lowest BCUT2D eigenvalue weighted by Crippen LogP contribution is -2.41. The Balaban J connectivity index is 1.23. The molecule has 2 N–H and O–H groups in total. The van der Waals surface area contributed by atoms with Crippen molar-refractivity contribution in [1.82, 2.24) is 10.2 Å². The monoisotopic (exact) mass is 422 g/mol. The van der Waals surface area contributed by atoms with Gasteiger partial charge >= 0.3 is 12.1 Å². The van der Waals surface area contributed by atoms with Gasteiger partial charge in [0.25, 0.3) is 0 Å². The van der Waals surface area contributed by atoms with E-state index in [2.05, 4.69) is 5.32 Å². The molecule has 2 aliphatic rings. The predicted octanol–water partition coefficient (Wildman–Crippen LogP) is 3.71. The van der Waals surface area contributed by atoms with Crippen LogP contribution in [0.2, 0.25) is 0 Å². The van der Waals surface area contributed by atoms with Gasteiger partial charge in [0, 0.05) is 25.0 Å². The number of rotatable bonds is 5. The molecule has 0 bridgehead atoms. The first-order valence-electron chi connectivity index (χ1n) is 10.6. The number of nitrogens with zero attached hydrogens (tertiary/aromatic N) is 1. The number of aromatic carboxylic acids is 1. The molecule has 1 saturated carbocycles. The van der Waals surface area contributed by atoms with Gasteiger partial charge in [-0.15, -0.1) is 0 Å². The van der Waals surface area contributed by atoms with Crippen LogP contribution < -0.4 is 5.32 Å². The molecule has 1 aliphatic carbocycles. The Bertz CT molecular complexity index is 967. The van der Waals surface area contributed by atoms with Crippen molar-refractivity contribution in [1.29, 1.82) is 0 Å². The van der Waals surface area contributed by atoms with E-state index in [9.17, 15) is 14.4 Å². The first-order chi connectivity index (χ1) is 15.0. The highest BCUT2D eigenvalue weighted by Gasteiger charge is 2.33. The Morgan fingerprint density at radius 3 is 2.39 bits per heavy atom. The van der Waals surface area contributed by atoms with Crippen molar-refractivity contribution in [3.05, 3.63) is 70.8 Å². The average molecular weight is 422 g/mol. The van der Waals surface area contributed by atoms with E-state index in [-0.39, 0.29) is 30.0 Å². The molecule has 1 fully saturated rings. The fourth-order valence-electron chi connectivity index (χ4n) is 4.36. The second-order valence-electron chi connectivity index (χ2n) is 8.24. The molecule has 7 heteroatoms. The molecule has 0 saturated heterocycles. The topological polar surface area (TPSA) is 95.9 Å². The van der Waals surface area contributed by atoms with E-state index in [4.69, 9.17) is 9.84 Å². The van der Waals surface area contributed by atoms with Crippen LogP contribution in [-0.2, 0) is 29.2 Å². The third kappa shape index (κ3) is 5.05. The SMILES string of the molecule is O=C(N[C@H]1CC[C@H](C(=O)N2Cc3ccc(C(=O)O)cc3C2)CC1)OCc1ccccc1. The lowest BCUT2D eigenvalue weighted by Gasteiger charge is -2.30. The number of nitrogens with one attached hydrogen (secondary N) is 1. The first-order valence-corrected chi connectivity index (χ1v) is 10.6. The summed E-state index contributed by atoms with van der Waals surface area (Å²) >= 11 is 0. The maximum atomic E-state index is 13.0. The van der Waals surface area contributed by atoms with Crippen molar-refractivity contribution in [2.75, 3.05) is 0 Å². The number of amides is 2. The summed E-state index contributed by atoms with van der Waals surface area (Å²) in [5, 5.41) is 12.1. The van der Waals surface area contributed by atoms with Crippen molar-refractivity contribution in [3.8, 4) is 0 Å². The third-order valence-corrected chi connectivity index (χ3v) is 6.10. The van der Waals surface area contributed by atoms with Crippen LogP contribution in [0.4, 0.5) is 4.79 Å². The zero-order valence-corrected chi connectivity index (χ0v) is 17.3. The summed E-state index contributed by atoms with van der Waals surface area (Å²) in [6.07, 6.45) is 2.48. The summed E-state index contributed by atoms with van der Waals surface area (Å²) in [5.74, 6) is -0.912. The Hall–Kier alpha value is -3.35. The molecule has 2 amide bonds. The molecule has 162 valence electrons. The molecule has 7 nitrogen and oxygen atoms in total. The van der Waals surface area contributed by atoms with Gasteiger partial charge in [-0.3, -0.25) is 4.79 Å². The Kier molecular flexibility index (Phi) is 6.21. The molecule has 2 aromatic rings. The number of carbonyl (C=O) groups excluding carboxylic acids is 2. The molecular formula is C24H26N2O5. The van der Waals surface area contributed by atoms with Crippen LogP contribution in [0.15, 0.2) is 48.5 Å². The van der Waals surface area contributed by atoms with E-state index in [0.717, 1.165) is 42.4 Å². The summed E-state index contributed by atoms with van der Waals surface area (Å²) in [4.78, 5) is 38.0. The number of carbonyl (C=O) groups is 3. The van der Waals surface area contributed by atoms with E-state index in [0.29, 0.717) is 13.1 Å². The number of fused-ring (bicyclic) bond motifs is 1. The van der Waals surface area contributed by atoms with Crippen LogP contribution in [0, 0.1) is 5.92 Å². The Labute approximate surface area is 181 Å². The van der Waals surface area contributed by atoms with Gasteiger partial charge in [0.1, 0.15) is 6.61 Å². The summed E-state index contributed by atoms with van der Waals surface area (Å²) in [5.41, 5.74) is 3.10. The van der Waals surface area contributed by atoms with E-state index in [1.807, 2.05) is 35.2 Å². The highest BCUT2D eigenvalue weighted by molar-refractivity contribution is 5.88. The van der Waals surface area contributed by atoms with Crippen LogP contribution in [0.3, 0.4) is 0 Å². The van der Waals surface area contributed by atoms with E-state index in [1.165, 1.54) is 0 Å². The fourth-order valence-corrected chi connectivity index (χ4v) is 4.36. The second-order valence-corrected chi connectivity index (χ2v) is 8.24. The van der Waals surface area contributed by atoms with Crippen LogP contribution in [0.5, 0.6) is 0 Å². The molecular weight excluding hydrogens is 396 g/mol. The molecule has 0 spiro atoms. The maximum absolute atomic E-state index is 13.0. The van der Waals surface area contributed by atoms with Crippen LogP contribution in [-0.4, -0.2) is 34.0 Å². The zero-order valence-electron chi connectivity index (χ0n) is 17.3. The second kappa shape index (κ2) is 9.20. The lowest BCUT2D eigenvalue weighted by molar-refractivity contribution is -0.137. The standard InChI is InChI=1S/C24H26N2O5/c27-22(26-13-19-7-6-18(23(28)29)12-20(19)14-26)17-8-10-21(11-9-17)25-24(30)31-15-16-4-2-1-3-5-16/h1-7,12,17,21H,8-11,13-15H2,(H,25,30)(H,28,29)/t17-,21-. The number of alkyl carbamates (subject to hydrolysis) is 1. The van der Waals surface area contributed by atoms with Gasteiger partial charge in [0.15, 0.2) is 0 Å². The smallest absolute Gasteiger partial charge is 0.407 e. The zero-order chi connectivity index (χ0) is 21.8. The van der Waals surface area contributed by atoms with Gasteiger partial charge < -0.3 is 20.1 Å². The summed E-state index contributed by atoms with van der Waals surface area (Å²) in [7, 11) is 0. The van der Waals surface area contributed by atoms with Gasteiger partial charge in [-0.1, -0.05) is 36.4 Å². The van der Waals surface area contributed by atoms with Crippen LogP contribution in [0.25, 0.3) is 0 Å². The molecule has 31 heavy (non-hydrogen) atoms. The molecule has 1 heterocycles. The number of ether oxygens (including phenoxy) is 1. The predicted molar refractivity (Wildman–Crippen MR) is 113 cm³/mol. The number of hydrogen-bond donors (Lipinski definition) is 2. The summed E-state index contributed by atoms with van der Waals surface area (Å²) in [6, 6.07) is 14.6. The number of carboxylic acids is 1. The maximum Gasteiger partial charge on any atom is 0.407 e. The number of hydrogen-bond acceptors (Lipinski definition) is 4. The van der Waals surface area contributed by atoms with E-state index >= 15 is 0 Å². The van der Waals surface area contributed by atoms with Crippen LogP contribution in [0.1, 0.15) is 52.7 Å². The van der Waals surface area contributed by atoms with Crippen molar-refractivity contribution < 1.29 is 24.2 Å². The van der Waals surface area contributed by atoms with E-state index in [1.54, 1.807) is 18.2 Å². The summed E-state index contributed by atoms with van der Waals surface area (Å²) in [6.45, 7) is 1.22. The normalized spacial score (nSPS) is 20.1. The van der Waals surface area contributed by atoms with Gasteiger partial charge in [-0.2, -0.15) is 0 Å². The van der Waals surface area contributed by atoms with Crippen molar-refractivity contribution in [2.24, 2.45) is 5.92 Å². The Morgan fingerprint density at radius 1 is 0.968 bits per heavy atom. The van der Waals surface area contributed by atoms with Gasteiger partial charge in [-0.05, 0) is 54.5 Å². The molecule has 0 unspecified atom stereocenters. The molecule has 2 aromatic carbocycles. The van der Waals surface area contributed by atoms with Crippen molar-refractivity contribution in [3.63, 3.8) is 0 Å². The first kappa shape index (κ1) is 20.9. The van der Waals surface area contributed by atoms with E-state index < -0.39 is 12.1 Å². The van der Waals surface area contributed by atoms with Crippen molar-refractivity contribution in [2.45, 2.75) is 51.4 Å². The molecule has 1 aliphatic heterocycles. The molecule has 0 aromatic heterocycles.